The van der Waals surface area contributed by atoms with Gasteiger partial charge in [0.25, 0.3) is 0 Å². The Kier molecular flexibility index (Phi) is 5.95. The van der Waals surface area contributed by atoms with Gasteiger partial charge in [-0.25, -0.2) is 0 Å². The number of carbonyl (C=O) groups excluding carboxylic acids is 1. The second kappa shape index (κ2) is 7.96. The SMILES string of the molecule is CC(NC(=O)C(C)(C)c1cccc(C#N)c1)C(O)Cc1ccccc1. The fourth-order valence-corrected chi connectivity index (χ4v) is 2.62. The lowest BCUT2D eigenvalue weighted by Crippen LogP contribution is -2.48. The van der Waals surface area contributed by atoms with Crippen molar-refractivity contribution in [3.63, 3.8) is 0 Å². The Bertz CT molecular complexity index is 763. The second-order valence-electron chi connectivity index (χ2n) is 6.84. The lowest BCUT2D eigenvalue weighted by atomic mass is 9.82. The van der Waals surface area contributed by atoms with E-state index in [0.717, 1.165) is 11.1 Å². The molecule has 130 valence electrons. The van der Waals surface area contributed by atoms with E-state index in [0.29, 0.717) is 12.0 Å². The maximum atomic E-state index is 12.7. The predicted octanol–water partition coefficient (Wildman–Crippen LogP) is 2.94. The number of nitrogens with one attached hydrogen (secondary N) is 1. The topological polar surface area (TPSA) is 73.1 Å². The summed E-state index contributed by atoms with van der Waals surface area (Å²) in [6, 6.07) is 18.5. The molecular formula is C21H24N2O2. The Labute approximate surface area is 149 Å². The second-order valence-corrected chi connectivity index (χ2v) is 6.84. The van der Waals surface area contributed by atoms with Crippen LogP contribution in [0.4, 0.5) is 0 Å². The van der Waals surface area contributed by atoms with E-state index >= 15 is 0 Å². The number of nitriles is 1. The number of hydrogen-bond donors (Lipinski definition) is 2. The summed E-state index contributed by atoms with van der Waals surface area (Å²) in [4.78, 5) is 12.7. The first-order valence-electron chi connectivity index (χ1n) is 8.38. The number of carbonyl (C=O) groups is 1. The largest absolute Gasteiger partial charge is 0.391 e. The molecule has 4 nitrogen and oxygen atoms in total. The molecule has 0 spiro atoms. The average molecular weight is 336 g/mol. The standard InChI is InChI=1S/C21H24N2O2/c1-15(19(24)13-16-8-5-4-6-9-16)23-20(25)21(2,3)18-11-7-10-17(12-18)14-22/h4-12,15,19,24H,13H2,1-3H3,(H,23,25). The van der Waals surface area contributed by atoms with Gasteiger partial charge < -0.3 is 10.4 Å². The van der Waals surface area contributed by atoms with Crippen molar-refractivity contribution in [3.8, 4) is 6.07 Å². The summed E-state index contributed by atoms with van der Waals surface area (Å²) >= 11 is 0. The van der Waals surface area contributed by atoms with Crippen molar-refractivity contribution >= 4 is 5.91 Å². The van der Waals surface area contributed by atoms with Crippen molar-refractivity contribution in [1.82, 2.24) is 5.32 Å². The van der Waals surface area contributed by atoms with Crippen LogP contribution >= 0.6 is 0 Å². The lowest BCUT2D eigenvalue weighted by molar-refractivity contribution is -0.127. The zero-order valence-corrected chi connectivity index (χ0v) is 14.9. The molecule has 0 heterocycles. The Morgan fingerprint density at radius 2 is 1.88 bits per heavy atom. The van der Waals surface area contributed by atoms with E-state index in [1.54, 1.807) is 25.1 Å². The molecule has 2 N–H and O–H groups in total. The fourth-order valence-electron chi connectivity index (χ4n) is 2.62. The summed E-state index contributed by atoms with van der Waals surface area (Å²) in [7, 11) is 0. The molecule has 0 aromatic heterocycles. The molecule has 2 aromatic rings. The first kappa shape index (κ1) is 18.7. The van der Waals surface area contributed by atoms with Crippen LogP contribution in [-0.4, -0.2) is 23.2 Å². The minimum absolute atomic E-state index is 0.179. The highest BCUT2D eigenvalue weighted by Crippen LogP contribution is 2.24. The van der Waals surface area contributed by atoms with E-state index in [4.69, 9.17) is 5.26 Å². The predicted molar refractivity (Wildman–Crippen MR) is 97.9 cm³/mol. The van der Waals surface area contributed by atoms with Crippen LogP contribution in [0.2, 0.25) is 0 Å². The molecule has 0 aliphatic rings. The highest BCUT2D eigenvalue weighted by Gasteiger charge is 2.32. The summed E-state index contributed by atoms with van der Waals surface area (Å²) in [5.74, 6) is -0.179. The van der Waals surface area contributed by atoms with Gasteiger partial charge in [-0.1, -0.05) is 42.5 Å². The molecule has 2 atom stereocenters. The molecular weight excluding hydrogens is 312 g/mol. The number of aliphatic hydroxyl groups excluding tert-OH is 1. The van der Waals surface area contributed by atoms with Crippen LogP contribution in [-0.2, 0) is 16.6 Å². The number of amides is 1. The van der Waals surface area contributed by atoms with Crippen LogP contribution in [0.15, 0.2) is 54.6 Å². The van der Waals surface area contributed by atoms with Gasteiger partial charge in [0.15, 0.2) is 0 Å². The molecule has 2 unspecified atom stereocenters. The van der Waals surface area contributed by atoms with Crippen molar-refractivity contribution in [2.75, 3.05) is 0 Å². The van der Waals surface area contributed by atoms with Crippen molar-refractivity contribution in [2.24, 2.45) is 0 Å². The van der Waals surface area contributed by atoms with Crippen molar-refractivity contribution in [2.45, 2.75) is 44.8 Å². The van der Waals surface area contributed by atoms with E-state index in [9.17, 15) is 9.90 Å². The molecule has 0 saturated carbocycles. The van der Waals surface area contributed by atoms with E-state index in [1.165, 1.54) is 0 Å². The smallest absolute Gasteiger partial charge is 0.230 e. The van der Waals surface area contributed by atoms with Gasteiger partial charge in [-0.3, -0.25) is 4.79 Å². The lowest BCUT2D eigenvalue weighted by Gasteiger charge is -2.28. The zero-order valence-electron chi connectivity index (χ0n) is 14.9. The molecule has 25 heavy (non-hydrogen) atoms. The quantitative estimate of drug-likeness (QED) is 0.852. The van der Waals surface area contributed by atoms with Gasteiger partial charge in [-0.05, 0) is 44.0 Å². The minimum Gasteiger partial charge on any atom is -0.391 e. The van der Waals surface area contributed by atoms with Gasteiger partial charge in [0.1, 0.15) is 0 Å². The minimum atomic E-state index is -0.798. The van der Waals surface area contributed by atoms with Gasteiger partial charge in [0, 0.05) is 6.42 Å². The highest BCUT2D eigenvalue weighted by molar-refractivity contribution is 5.87. The van der Waals surface area contributed by atoms with E-state index < -0.39 is 11.5 Å². The summed E-state index contributed by atoms with van der Waals surface area (Å²) in [5.41, 5.74) is 1.52. The Morgan fingerprint density at radius 3 is 2.52 bits per heavy atom. The molecule has 0 radical (unpaired) electrons. The third kappa shape index (κ3) is 4.68. The zero-order chi connectivity index (χ0) is 18.4. The number of rotatable bonds is 6. The van der Waals surface area contributed by atoms with Crippen LogP contribution in [0.25, 0.3) is 0 Å². The molecule has 0 fully saturated rings. The number of aliphatic hydroxyl groups is 1. The summed E-state index contributed by atoms with van der Waals surface area (Å²) in [5, 5.41) is 22.3. The van der Waals surface area contributed by atoms with Gasteiger partial charge in [-0.15, -0.1) is 0 Å². The molecule has 2 rings (SSSR count). The first-order chi connectivity index (χ1) is 11.8. The van der Waals surface area contributed by atoms with Gasteiger partial charge >= 0.3 is 0 Å². The Hall–Kier alpha value is -2.64. The van der Waals surface area contributed by atoms with Crippen LogP contribution in [0.5, 0.6) is 0 Å². The first-order valence-corrected chi connectivity index (χ1v) is 8.38. The fraction of sp³-hybridized carbons (Fsp3) is 0.333. The number of nitrogens with zero attached hydrogens (tertiary/aromatic N) is 1. The van der Waals surface area contributed by atoms with Gasteiger partial charge in [0.05, 0.1) is 29.2 Å². The van der Waals surface area contributed by atoms with Gasteiger partial charge in [-0.2, -0.15) is 5.26 Å². The third-order valence-corrected chi connectivity index (χ3v) is 4.50. The number of hydrogen-bond acceptors (Lipinski definition) is 3. The third-order valence-electron chi connectivity index (χ3n) is 4.50. The molecule has 0 aliphatic carbocycles. The highest BCUT2D eigenvalue weighted by atomic mass is 16.3. The Morgan fingerprint density at radius 1 is 1.20 bits per heavy atom. The molecule has 2 aromatic carbocycles. The summed E-state index contributed by atoms with van der Waals surface area (Å²) in [6.07, 6.45) is -0.195. The maximum absolute atomic E-state index is 12.7. The molecule has 4 heteroatoms. The van der Waals surface area contributed by atoms with E-state index in [1.807, 2.05) is 50.2 Å². The van der Waals surface area contributed by atoms with E-state index in [-0.39, 0.29) is 11.9 Å². The van der Waals surface area contributed by atoms with Crippen LogP contribution in [0.1, 0.15) is 37.5 Å². The monoisotopic (exact) mass is 336 g/mol. The number of benzene rings is 2. The summed E-state index contributed by atoms with van der Waals surface area (Å²) < 4.78 is 0. The van der Waals surface area contributed by atoms with Crippen LogP contribution in [0, 0.1) is 11.3 Å². The van der Waals surface area contributed by atoms with Crippen molar-refractivity contribution in [1.29, 1.82) is 5.26 Å². The maximum Gasteiger partial charge on any atom is 0.230 e. The normalized spacial score (nSPS) is 13.6. The molecule has 0 bridgehead atoms. The molecule has 1 amide bonds. The van der Waals surface area contributed by atoms with Crippen LogP contribution < -0.4 is 5.32 Å². The summed E-state index contributed by atoms with van der Waals surface area (Å²) in [6.45, 7) is 5.43. The average Bonchev–Trinajstić information content (AvgIpc) is 2.62. The molecule has 0 aliphatic heterocycles. The van der Waals surface area contributed by atoms with Crippen molar-refractivity contribution < 1.29 is 9.90 Å². The van der Waals surface area contributed by atoms with Crippen molar-refractivity contribution in [3.05, 3.63) is 71.3 Å². The molecule has 0 saturated heterocycles. The Balaban J connectivity index is 2.05. The van der Waals surface area contributed by atoms with Crippen LogP contribution in [0.3, 0.4) is 0 Å². The van der Waals surface area contributed by atoms with E-state index in [2.05, 4.69) is 11.4 Å². The van der Waals surface area contributed by atoms with Gasteiger partial charge in [0.2, 0.25) is 5.91 Å².